The number of carbonyl (C=O) groups is 3. The van der Waals surface area contributed by atoms with Gasteiger partial charge in [-0.05, 0) is 35.9 Å². The van der Waals surface area contributed by atoms with Crippen LogP contribution >= 0.6 is 11.3 Å². The maximum absolute atomic E-state index is 13.7. The van der Waals surface area contributed by atoms with Crippen LogP contribution in [0.15, 0.2) is 72.8 Å². The Balaban J connectivity index is 1.67. The Morgan fingerprint density at radius 1 is 0.906 bits per heavy atom. The lowest BCUT2D eigenvalue weighted by Crippen LogP contribution is -2.30. The average Bonchev–Trinajstić information content (AvgIpc) is 3.32. The molecule has 32 heavy (non-hydrogen) atoms. The summed E-state index contributed by atoms with van der Waals surface area (Å²) in [7, 11) is 0. The number of amides is 1. The molecule has 1 aliphatic rings. The number of hydrogen-bond acceptors (Lipinski definition) is 5. The summed E-state index contributed by atoms with van der Waals surface area (Å²) in [5.74, 6) is -4.51. The third-order valence-corrected chi connectivity index (χ3v) is 6.42. The number of rotatable bonds is 4. The van der Waals surface area contributed by atoms with Crippen LogP contribution in [0.3, 0.4) is 0 Å². The number of aromatic nitrogens is 1. The number of benzene rings is 3. The number of ketones is 2. The fourth-order valence-corrected chi connectivity index (χ4v) is 4.94. The van der Waals surface area contributed by atoms with Crippen LogP contribution < -0.4 is 4.90 Å². The van der Waals surface area contributed by atoms with Crippen LogP contribution in [0.25, 0.3) is 10.2 Å². The molecule has 5 rings (SSSR count). The van der Waals surface area contributed by atoms with Gasteiger partial charge in [0.2, 0.25) is 5.78 Å². The van der Waals surface area contributed by atoms with Crippen molar-refractivity contribution < 1.29 is 23.2 Å². The molecule has 158 valence electrons. The Hall–Kier alpha value is -3.78. The summed E-state index contributed by atoms with van der Waals surface area (Å²) < 4.78 is 27.7. The number of nitrogens with zero attached hydrogens (tertiary/aromatic N) is 2. The molecule has 0 radical (unpaired) electrons. The molecule has 2 unspecified atom stereocenters. The van der Waals surface area contributed by atoms with Crippen molar-refractivity contribution in [3.8, 4) is 0 Å². The first-order chi connectivity index (χ1) is 15.4. The number of anilines is 1. The standard InChI is InChI=1S/C24H14F2N2O3S/c25-15-8-6-13(7-9-15)20-19(21(29)14-4-2-1-3-5-14)22(30)23(31)28(20)24-27-17-11-10-16(26)12-18(17)32-24/h1-12,19-20H. The quantitative estimate of drug-likeness (QED) is 0.257. The first kappa shape index (κ1) is 20.1. The van der Waals surface area contributed by atoms with Gasteiger partial charge in [0.1, 0.15) is 17.6 Å². The van der Waals surface area contributed by atoms with Crippen molar-refractivity contribution in [1.82, 2.24) is 4.98 Å². The summed E-state index contributed by atoms with van der Waals surface area (Å²) in [6.45, 7) is 0. The SMILES string of the molecule is O=C1C(=O)N(c2nc3ccc(F)cc3s2)C(c2ccc(F)cc2)C1C(=O)c1ccccc1. The fourth-order valence-electron chi connectivity index (χ4n) is 3.91. The van der Waals surface area contributed by atoms with E-state index in [2.05, 4.69) is 4.98 Å². The maximum atomic E-state index is 13.7. The van der Waals surface area contributed by atoms with Gasteiger partial charge >= 0.3 is 0 Å². The van der Waals surface area contributed by atoms with Crippen LogP contribution in [0.4, 0.5) is 13.9 Å². The summed E-state index contributed by atoms with van der Waals surface area (Å²) in [6.07, 6.45) is 0. The van der Waals surface area contributed by atoms with Crippen LogP contribution in [-0.2, 0) is 9.59 Å². The van der Waals surface area contributed by atoms with Gasteiger partial charge in [-0.2, -0.15) is 0 Å². The lowest BCUT2D eigenvalue weighted by molar-refractivity contribution is -0.135. The zero-order valence-corrected chi connectivity index (χ0v) is 17.2. The Morgan fingerprint density at radius 3 is 2.31 bits per heavy atom. The molecule has 1 saturated heterocycles. The van der Waals surface area contributed by atoms with Crippen LogP contribution in [0.5, 0.6) is 0 Å². The second-order valence-electron chi connectivity index (χ2n) is 7.35. The summed E-state index contributed by atoms with van der Waals surface area (Å²) in [5.41, 5.74) is 1.17. The number of halogens is 2. The van der Waals surface area contributed by atoms with Gasteiger partial charge < -0.3 is 0 Å². The van der Waals surface area contributed by atoms with E-state index in [1.54, 1.807) is 30.3 Å². The second kappa shape index (κ2) is 7.72. The molecule has 5 nitrogen and oxygen atoms in total. The fraction of sp³-hybridized carbons (Fsp3) is 0.0833. The molecule has 3 aromatic carbocycles. The first-order valence-electron chi connectivity index (χ1n) is 9.72. The van der Waals surface area contributed by atoms with Crippen molar-refractivity contribution in [2.45, 2.75) is 6.04 Å². The van der Waals surface area contributed by atoms with Crippen molar-refractivity contribution in [3.63, 3.8) is 0 Å². The molecule has 1 aliphatic heterocycles. The minimum absolute atomic E-state index is 0.168. The normalized spacial score (nSPS) is 18.5. The largest absolute Gasteiger partial charge is 0.297 e. The highest BCUT2D eigenvalue weighted by Crippen LogP contribution is 2.43. The van der Waals surface area contributed by atoms with Gasteiger partial charge in [0.15, 0.2) is 10.9 Å². The zero-order chi connectivity index (χ0) is 22.4. The smallest absolute Gasteiger partial charge is 0.293 e. The Labute approximate surface area is 184 Å². The van der Waals surface area contributed by atoms with E-state index in [1.807, 2.05) is 0 Å². The van der Waals surface area contributed by atoms with Crippen molar-refractivity contribution in [2.24, 2.45) is 5.92 Å². The summed E-state index contributed by atoms with van der Waals surface area (Å²) in [5, 5.41) is 0.168. The third-order valence-electron chi connectivity index (χ3n) is 5.40. The zero-order valence-electron chi connectivity index (χ0n) is 16.4. The molecule has 2 heterocycles. The molecular formula is C24H14F2N2O3S. The van der Waals surface area contributed by atoms with Crippen LogP contribution in [-0.4, -0.2) is 22.5 Å². The lowest BCUT2D eigenvalue weighted by atomic mass is 9.86. The molecule has 4 aromatic rings. The number of Topliss-reactive ketones (excluding diaryl/α,β-unsaturated/α-hetero) is 2. The van der Waals surface area contributed by atoms with E-state index in [1.165, 1.54) is 47.4 Å². The average molecular weight is 448 g/mol. The number of carbonyl (C=O) groups excluding carboxylic acids is 3. The molecule has 1 amide bonds. The first-order valence-corrected chi connectivity index (χ1v) is 10.5. The van der Waals surface area contributed by atoms with Crippen molar-refractivity contribution >= 4 is 44.2 Å². The van der Waals surface area contributed by atoms with Crippen molar-refractivity contribution in [3.05, 3.63) is 95.6 Å². The number of thiazole rings is 1. The number of fused-ring (bicyclic) bond motifs is 1. The van der Waals surface area contributed by atoms with Gasteiger partial charge in [-0.25, -0.2) is 13.8 Å². The molecule has 2 atom stereocenters. The van der Waals surface area contributed by atoms with E-state index >= 15 is 0 Å². The molecule has 0 saturated carbocycles. The summed E-state index contributed by atoms with van der Waals surface area (Å²) in [4.78, 5) is 45.0. The lowest BCUT2D eigenvalue weighted by Gasteiger charge is -2.25. The highest BCUT2D eigenvalue weighted by atomic mass is 32.1. The van der Waals surface area contributed by atoms with Gasteiger partial charge in [0.05, 0.1) is 16.3 Å². The molecule has 0 N–H and O–H groups in total. The van der Waals surface area contributed by atoms with E-state index in [9.17, 15) is 23.2 Å². The topological polar surface area (TPSA) is 67.3 Å². The van der Waals surface area contributed by atoms with E-state index in [0.717, 1.165) is 11.3 Å². The Kier molecular flexibility index (Phi) is 4.86. The van der Waals surface area contributed by atoms with Gasteiger partial charge in [-0.1, -0.05) is 53.8 Å². The predicted molar refractivity (Wildman–Crippen MR) is 115 cm³/mol. The predicted octanol–water partition coefficient (Wildman–Crippen LogP) is 4.73. The minimum atomic E-state index is -1.32. The van der Waals surface area contributed by atoms with Crippen LogP contribution in [0.2, 0.25) is 0 Å². The van der Waals surface area contributed by atoms with Gasteiger partial charge in [-0.3, -0.25) is 19.3 Å². The second-order valence-corrected chi connectivity index (χ2v) is 8.36. The molecule has 0 aliphatic carbocycles. The molecule has 0 bridgehead atoms. The van der Waals surface area contributed by atoms with Gasteiger partial charge in [0.25, 0.3) is 5.91 Å². The minimum Gasteiger partial charge on any atom is -0.293 e. The molecule has 1 fully saturated rings. The van der Waals surface area contributed by atoms with Crippen molar-refractivity contribution in [1.29, 1.82) is 0 Å². The molecular weight excluding hydrogens is 434 g/mol. The van der Waals surface area contributed by atoms with E-state index in [-0.39, 0.29) is 5.13 Å². The van der Waals surface area contributed by atoms with Crippen LogP contribution in [0, 0.1) is 17.6 Å². The van der Waals surface area contributed by atoms with Gasteiger partial charge in [-0.15, -0.1) is 0 Å². The summed E-state index contributed by atoms with van der Waals surface area (Å²) >= 11 is 1.04. The molecule has 0 spiro atoms. The van der Waals surface area contributed by atoms with Crippen molar-refractivity contribution in [2.75, 3.05) is 4.90 Å². The van der Waals surface area contributed by atoms with Gasteiger partial charge in [0, 0.05) is 5.56 Å². The van der Waals surface area contributed by atoms with E-state index in [4.69, 9.17) is 0 Å². The van der Waals surface area contributed by atoms with E-state index in [0.29, 0.717) is 21.3 Å². The third kappa shape index (κ3) is 3.29. The highest BCUT2D eigenvalue weighted by molar-refractivity contribution is 7.22. The highest BCUT2D eigenvalue weighted by Gasteiger charge is 2.53. The Morgan fingerprint density at radius 2 is 1.59 bits per heavy atom. The monoisotopic (exact) mass is 448 g/mol. The molecule has 1 aromatic heterocycles. The van der Waals surface area contributed by atoms with E-state index < -0.39 is 41.1 Å². The number of hydrogen-bond donors (Lipinski definition) is 0. The maximum Gasteiger partial charge on any atom is 0.297 e. The molecule has 8 heteroatoms. The van der Waals surface area contributed by atoms with Crippen LogP contribution in [0.1, 0.15) is 22.0 Å². The Bertz CT molecular complexity index is 1370. The summed E-state index contributed by atoms with van der Waals surface area (Å²) in [6, 6.07) is 16.5.